The molecule has 0 aromatic heterocycles. The smallest absolute Gasteiger partial charge is 0.271 e. The van der Waals surface area contributed by atoms with Gasteiger partial charge in [-0.15, -0.1) is 0 Å². The van der Waals surface area contributed by atoms with Crippen molar-refractivity contribution in [3.63, 3.8) is 0 Å². The number of anilines is 1. The summed E-state index contributed by atoms with van der Waals surface area (Å²) in [6.07, 6.45) is 0.888. The predicted octanol–water partition coefficient (Wildman–Crippen LogP) is 1.87. The molecule has 170 valence electrons. The molecule has 0 fully saturated rings. The summed E-state index contributed by atoms with van der Waals surface area (Å²) < 4.78 is 34.6. The summed E-state index contributed by atoms with van der Waals surface area (Å²) in [5.41, 5.74) is -0.292. The molecule has 0 radical (unpaired) electrons. The van der Waals surface area contributed by atoms with Crippen LogP contribution in [0.3, 0.4) is 0 Å². The summed E-state index contributed by atoms with van der Waals surface area (Å²) in [7, 11) is -3.80. The molecule has 0 aliphatic carbocycles. The van der Waals surface area contributed by atoms with Crippen molar-refractivity contribution >= 4 is 33.0 Å². The van der Waals surface area contributed by atoms with Crippen LogP contribution in [0.15, 0.2) is 41.3 Å². The van der Waals surface area contributed by atoms with Crippen LogP contribution < -0.4 is 14.8 Å². The second-order valence-electron chi connectivity index (χ2n) is 6.97. The topological polar surface area (TPSA) is 145 Å². The van der Waals surface area contributed by atoms with Crippen LogP contribution in [0.4, 0.5) is 11.4 Å². The van der Waals surface area contributed by atoms with Crippen LogP contribution in [0.5, 0.6) is 11.5 Å². The minimum Gasteiger partial charge on any atom is -0.486 e. The van der Waals surface area contributed by atoms with Crippen LogP contribution in [-0.4, -0.2) is 62.6 Å². The lowest BCUT2D eigenvalue weighted by Crippen LogP contribution is -2.38. The van der Waals surface area contributed by atoms with Gasteiger partial charge in [0.25, 0.3) is 11.6 Å². The van der Waals surface area contributed by atoms with Crippen molar-refractivity contribution in [3.8, 4) is 11.5 Å². The van der Waals surface area contributed by atoms with Crippen molar-refractivity contribution in [2.24, 2.45) is 0 Å². The number of nitro benzene ring substituents is 1. The molecule has 2 aromatic rings. The Kier molecular flexibility index (Phi) is 6.63. The molecule has 1 aliphatic rings. The maximum atomic E-state index is 12.9. The van der Waals surface area contributed by atoms with E-state index in [0.717, 1.165) is 29.4 Å². The van der Waals surface area contributed by atoms with Gasteiger partial charge in [-0.3, -0.25) is 19.7 Å². The largest absolute Gasteiger partial charge is 0.486 e. The molecule has 0 bridgehead atoms. The van der Waals surface area contributed by atoms with E-state index < -0.39 is 32.3 Å². The van der Waals surface area contributed by atoms with Gasteiger partial charge in [0.1, 0.15) is 19.8 Å². The van der Waals surface area contributed by atoms with E-state index in [1.165, 1.54) is 0 Å². The van der Waals surface area contributed by atoms with Crippen molar-refractivity contribution in [2.45, 2.75) is 11.8 Å². The van der Waals surface area contributed by atoms with Gasteiger partial charge in [-0.2, -0.15) is 0 Å². The molecule has 3 rings (SSSR count). The molecule has 1 aliphatic heterocycles. The Balaban J connectivity index is 1.78. The van der Waals surface area contributed by atoms with E-state index in [0.29, 0.717) is 30.4 Å². The molecule has 2 amide bonds. The number of likely N-dealkylation sites (N-methyl/N-ethyl adjacent to an activating group) is 1. The lowest BCUT2D eigenvalue weighted by Gasteiger charge is -2.21. The number of nitro groups is 1. The number of benzene rings is 2. The van der Waals surface area contributed by atoms with E-state index in [4.69, 9.17) is 9.47 Å². The third-order valence-corrected chi connectivity index (χ3v) is 5.70. The molecule has 0 saturated heterocycles. The molecule has 0 unspecified atom stereocenters. The normalized spacial score (nSPS) is 12.7. The number of fused-ring (bicyclic) bond motifs is 1. The Hall–Kier alpha value is -3.67. The number of ether oxygens (including phenoxy) is 2. The lowest BCUT2D eigenvalue weighted by molar-refractivity contribution is -0.385. The van der Waals surface area contributed by atoms with Crippen LogP contribution in [0, 0.1) is 10.1 Å². The van der Waals surface area contributed by atoms with Gasteiger partial charge in [0.15, 0.2) is 21.3 Å². The Morgan fingerprint density at radius 1 is 1.12 bits per heavy atom. The Morgan fingerprint density at radius 2 is 1.81 bits per heavy atom. The van der Waals surface area contributed by atoms with Crippen LogP contribution >= 0.6 is 0 Å². The molecule has 0 saturated carbocycles. The molecular weight excluding hydrogens is 442 g/mol. The van der Waals surface area contributed by atoms with Crippen LogP contribution in [0.1, 0.15) is 17.3 Å². The Labute approximate surface area is 184 Å². The third-order valence-electron chi connectivity index (χ3n) is 4.61. The fourth-order valence-corrected chi connectivity index (χ4v) is 3.71. The average molecular weight is 463 g/mol. The van der Waals surface area contributed by atoms with Crippen LogP contribution in [0.25, 0.3) is 0 Å². The first kappa shape index (κ1) is 23.0. The average Bonchev–Trinajstić information content (AvgIpc) is 2.76. The second kappa shape index (κ2) is 9.22. The number of amides is 2. The first-order valence-electron chi connectivity index (χ1n) is 9.57. The highest BCUT2D eigenvalue weighted by molar-refractivity contribution is 7.90. The molecule has 2 aromatic carbocycles. The zero-order chi connectivity index (χ0) is 23.5. The van der Waals surface area contributed by atoms with E-state index in [2.05, 4.69) is 5.32 Å². The molecular formula is C20H21N3O8S. The third kappa shape index (κ3) is 5.32. The minimum absolute atomic E-state index is 0.115. The standard InChI is InChI=1S/C20H21N3O8S/c1-3-22(12-19(24)21-14-4-5-17-18(10-14)31-7-6-30-17)20(25)13-8-15(23(26)27)11-16(9-13)32(2,28)29/h4-5,8-11H,3,6-7,12H2,1-2H3,(H,21,24). The number of non-ortho nitro benzene ring substituents is 1. The summed E-state index contributed by atoms with van der Waals surface area (Å²) in [5.74, 6) is -0.168. The molecule has 1 N–H and O–H groups in total. The van der Waals surface area contributed by atoms with Gasteiger partial charge in [0.05, 0.1) is 9.82 Å². The van der Waals surface area contributed by atoms with Gasteiger partial charge in [0, 0.05) is 42.3 Å². The van der Waals surface area contributed by atoms with Crippen molar-refractivity contribution < 1.29 is 32.4 Å². The highest BCUT2D eigenvalue weighted by Crippen LogP contribution is 2.32. The summed E-state index contributed by atoms with van der Waals surface area (Å²) in [6, 6.07) is 7.82. The van der Waals surface area contributed by atoms with Crippen molar-refractivity contribution in [3.05, 3.63) is 52.1 Å². The number of hydrogen-bond donors (Lipinski definition) is 1. The van der Waals surface area contributed by atoms with Crippen LogP contribution in [-0.2, 0) is 14.6 Å². The number of nitrogens with one attached hydrogen (secondary N) is 1. The highest BCUT2D eigenvalue weighted by Gasteiger charge is 2.23. The molecule has 12 heteroatoms. The van der Waals surface area contributed by atoms with Gasteiger partial charge >= 0.3 is 0 Å². The molecule has 11 nitrogen and oxygen atoms in total. The number of sulfone groups is 1. The molecule has 1 heterocycles. The first-order valence-corrected chi connectivity index (χ1v) is 11.5. The van der Waals surface area contributed by atoms with Gasteiger partial charge in [0.2, 0.25) is 5.91 Å². The van der Waals surface area contributed by atoms with Gasteiger partial charge in [-0.25, -0.2) is 8.42 Å². The number of rotatable bonds is 7. The monoisotopic (exact) mass is 463 g/mol. The fourth-order valence-electron chi connectivity index (χ4n) is 3.03. The van der Waals surface area contributed by atoms with Crippen molar-refractivity contribution in [1.29, 1.82) is 0 Å². The van der Waals surface area contributed by atoms with Gasteiger partial charge in [-0.05, 0) is 25.1 Å². The molecule has 0 atom stereocenters. The number of carbonyl (C=O) groups is 2. The van der Waals surface area contributed by atoms with Crippen molar-refractivity contribution in [2.75, 3.05) is 37.9 Å². The minimum atomic E-state index is -3.80. The number of carbonyl (C=O) groups excluding carboxylic acids is 2. The second-order valence-corrected chi connectivity index (χ2v) is 8.99. The van der Waals surface area contributed by atoms with E-state index in [9.17, 15) is 28.1 Å². The summed E-state index contributed by atoms with van der Waals surface area (Å²) in [6.45, 7) is 2.22. The van der Waals surface area contributed by atoms with Crippen molar-refractivity contribution in [1.82, 2.24) is 4.90 Å². The Bertz CT molecular complexity index is 1180. The maximum Gasteiger partial charge on any atom is 0.271 e. The predicted molar refractivity (Wildman–Crippen MR) is 114 cm³/mol. The first-order chi connectivity index (χ1) is 15.1. The highest BCUT2D eigenvalue weighted by atomic mass is 32.2. The van der Waals surface area contributed by atoms with E-state index in [-0.39, 0.29) is 23.5 Å². The van der Waals surface area contributed by atoms with Gasteiger partial charge < -0.3 is 19.7 Å². The zero-order valence-electron chi connectivity index (χ0n) is 17.4. The van der Waals surface area contributed by atoms with E-state index >= 15 is 0 Å². The van der Waals surface area contributed by atoms with E-state index in [1.807, 2.05) is 0 Å². The fraction of sp³-hybridized carbons (Fsp3) is 0.300. The quantitative estimate of drug-likeness (QED) is 0.484. The summed E-state index contributed by atoms with van der Waals surface area (Å²) in [4.78, 5) is 36.6. The SMILES string of the molecule is CCN(CC(=O)Nc1ccc2c(c1)OCCO2)C(=O)c1cc([N+](=O)[O-])cc(S(C)(=O)=O)c1. The number of nitrogens with zero attached hydrogens (tertiary/aromatic N) is 2. The van der Waals surface area contributed by atoms with Gasteiger partial charge in [-0.1, -0.05) is 0 Å². The summed E-state index contributed by atoms with van der Waals surface area (Å²) >= 11 is 0. The zero-order valence-corrected chi connectivity index (χ0v) is 18.2. The van der Waals surface area contributed by atoms with E-state index in [1.54, 1.807) is 25.1 Å². The maximum absolute atomic E-state index is 12.9. The molecule has 32 heavy (non-hydrogen) atoms. The van der Waals surface area contributed by atoms with Crippen LogP contribution in [0.2, 0.25) is 0 Å². The summed E-state index contributed by atoms with van der Waals surface area (Å²) in [5, 5.41) is 13.8. The Morgan fingerprint density at radius 3 is 2.44 bits per heavy atom. The number of hydrogen-bond acceptors (Lipinski definition) is 8. The lowest BCUT2D eigenvalue weighted by atomic mass is 10.1. The molecule has 0 spiro atoms.